The van der Waals surface area contributed by atoms with Crippen LogP contribution in [-0.2, 0) is 20.5 Å². The molecule has 9 nitrogen and oxygen atoms in total. The summed E-state index contributed by atoms with van der Waals surface area (Å²) in [6.45, 7) is 7.42. The van der Waals surface area contributed by atoms with Crippen LogP contribution in [-0.4, -0.2) is 58.6 Å². The third-order valence-corrected chi connectivity index (χ3v) is 8.42. The summed E-state index contributed by atoms with van der Waals surface area (Å²) in [5.41, 5.74) is 0.415. The van der Waals surface area contributed by atoms with Gasteiger partial charge in [-0.25, -0.2) is 22.2 Å². The van der Waals surface area contributed by atoms with E-state index in [4.69, 9.17) is 16.3 Å². The molecule has 1 saturated heterocycles. The van der Waals surface area contributed by atoms with E-state index in [1.54, 1.807) is 35.4 Å². The molecule has 0 saturated carbocycles. The second-order valence-electron chi connectivity index (χ2n) is 9.85. The monoisotopic (exact) mass is 645 g/mol. The van der Waals surface area contributed by atoms with E-state index < -0.39 is 15.6 Å². The molecule has 1 aliphatic heterocycles. The van der Waals surface area contributed by atoms with Gasteiger partial charge in [-0.1, -0.05) is 30.3 Å². The van der Waals surface area contributed by atoms with Gasteiger partial charge in [0.15, 0.2) is 5.65 Å². The number of aromatic nitrogens is 3. The molecule has 194 valence electrons. The molecule has 12 heteroatoms. The first-order valence-corrected chi connectivity index (χ1v) is 14.7. The summed E-state index contributed by atoms with van der Waals surface area (Å²) >= 11 is 8.31. The topological polar surface area (TPSA) is 106 Å². The fourth-order valence-corrected chi connectivity index (χ4v) is 6.66. The van der Waals surface area contributed by atoms with Gasteiger partial charge in [0.25, 0.3) is 0 Å². The van der Waals surface area contributed by atoms with Gasteiger partial charge in [-0.05, 0) is 79.3 Å². The van der Waals surface area contributed by atoms with E-state index in [0.717, 1.165) is 12.8 Å². The highest BCUT2D eigenvalue weighted by Crippen LogP contribution is 2.31. The summed E-state index contributed by atoms with van der Waals surface area (Å²) in [7, 11) is -3.73. The van der Waals surface area contributed by atoms with Gasteiger partial charge in [0, 0.05) is 29.4 Å². The number of ether oxygens (including phenoxy) is 1. The van der Waals surface area contributed by atoms with Crippen LogP contribution >= 0.6 is 34.2 Å². The minimum Gasteiger partial charge on any atom is -0.444 e. The number of likely N-dealkylation sites (tertiary alicyclic amines) is 1. The van der Waals surface area contributed by atoms with E-state index in [1.807, 2.05) is 26.8 Å². The van der Waals surface area contributed by atoms with Crippen molar-refractivity contribution >= 4 is 67.2 Å². The molecule has 4 rings (SSSR count). The molecule has 0 spiro atoms. The van der Waals surface area contributed by atoms with Crippen LogP contribution in [0.15, 0.2) is 36.5 Å². The number of hydrogen-bond donors (Lipinski definition) is 1. The minimum absolute atomic E-state index is 0.0320. The molecule has 0 radical (unpaired) electrons. The average molecular weight is 646 g/mol. The average Bonchev–Trinajstić information content (AvgIpc) is 3.14. The molecule has 1 aromatic carbocycles. The van der Waals surface area contributed by atoms with Crippen molar-refractivity contribution in [1.82, 2.24) is 18.8 Å². The number of carbonyl (C=O) groups excluding carboxylic acids is 1. The maximum atomic E-state index is 13.2. The number of nitrogens with zero attached hydrogens (tertiary/aromatic N) is 4. The molecule has 0 bridgehead atoms. The van der Waals surface area contributed by atoms with Crippen molar-refractivity contribution in [2.75, 3.05) is 25.0 Å². The van der Waals surface area contributed by atoms with Gasteiger partial charge < -0.3 is 15.0 Å². The van der Waals surface area contributed by atoms with Crippen molar-refractivity contribution in [3.8, 4) is 0 Å². The number of anilines is 1. The number of piperidine rings is 1. The Morgan fingerprint density at radius 1 is 1.19 bits per heavy atom. The lowest BCUT2D eigenvalue weighted by molar-refractivity contribution is 0.0188. The maximum Gasteiger partial charge on any atom is 0.410 e. The van der Waals surface area contributed by atoms with Crippen molar-refractivity contribution in [2.24, 2.45) is 5.92 Å². The smallest absolute Gasteiger partial charge is 0.410 e. The summed E-state index contributed by atoms with van der Waals surface area (Å²) in [6, 6.07) is 9.01. The van der Waals surface area contributed by atoms with Crippen molar-refractivity contribution in [3.63, 3.8) is 0 Å². The lowest BCUT2D eigenvalue weighted by atomic mass is 9.97. The Morgan fingerprint density at radius 3 is 2.50 bits per heavy atom. The number of nitrogens with one attached hydrogen (secondary N) is 1. The largest absolute Gasteiger partial charge is 0.444 e. The number of hydrogen-bond acceptors (Lipinski definition) is 7. The Kier molecular flexibility index (Phi) is 8.01. The molecule has 2 aromatic heterocycles. The van der Waals surface area contributed by atoms with Crippen LogP contribution in [0.2, 0.25) is 5.28 Å². The van der Waals surface area contributed by atoms with Crippen LogP contribution in [0.4, 0.5) is 10.6 Å². The number of rotatable bonds is 6. The Balaban J connectivity index is 1.48. The van der Waals surface area contributed by atoms with Crippen LogP contribution in [0.25, 0.3) is 11.0 Å². The lowest BCUT2D eigenvalue weighted by Crippen LogP contribution is -2.42. The summed E-state index contributed by atoms with van der Waals surface area (Å²) < 4.78 is 33.8. The van der Waals surface area contributed by atoms with Crippen molar-refractivity contribution < 1.29 is 17.9 Å². The van der Waals surface area contributed by atoms with E-state index in [0.29, 0.717) is 45.9 Å². The van der Waals surface area contributed by atoms with Crippen LogP contribution in [0.1, 0.15) is 39.2 Å². The SMILES string of the molecule is CC(C)(C)OC(=O)N1CCC(CNc2nc(Cl)nc3c2c(I)cn3S(=O)(=O)Cc2ccccc2)CC1. The summed E-state index contributed by atoms with van der Waals surface area (Å²) in [4.78, 5) is 22.7. The zero-order valence-electron chi connectivity index (χ0n) is 20.4. The number of halogens is 2. The first kappa shape index (κ1) is 26.9. The second kappa shape index (κ2) is 10.7. The third kappa shape index (κ3) is 6.41. The van der Waals surface area contributed by atoms with Crippen molar-refractivity contribution in [2.45, 2.75) is 45.0 Å². The highest BCUT2D eigenvalue weighted by atomic mass is 127. The second-order valence-corrected chi connectivity index (χ2v) is 13.2. The number of carbonyl (C=O) groups is 1. The van der Waals surface area contributed by atoms with Crippen LogP contribution in [0, 0.1) is 9.49 Å². The number of fused-ring (bicyclic) bond motifs is 1. The quantitative estimate of drug-likeness (QED) is 0.293. The van der Waals surface area contributed by atoms with Crippen molar-refractivity contribution in [1.29, 1.82) is 0 Å². The molecular formula is C24H29ClIN5O4S. The zero-order valence-corrected chi connectivity index (χ0v) is 24.1. The fraction of sp³-hybridized carbons (Fsp3) is 0.458. The molecule has 0 unspecified atom stereocenters. The number of amides is 1. The molecule has 0 aliphatic carbocycles. The lowest BCUT2D eigenvalue weighted by Gasteiger charge is -2.33. The molecule has 3 heterocycles. The predicted molar refractivity (Wildman–Crippen MR) is 149 cm³/mol. The van der Waals surface area contributed by atoms with Crippen LogP contribution < -0.4 is 5.32 Å². The van der Waals surface area contributed by atoms with Gasteiger partial charge in [0.2, 0.25) is 15.3 Å². The van der Waals surface area contributed by atoms with Gasteiger partial charge in [-0.2, -0.15) is 4.98 Å². The van der Waals surface area contributed by atoms with Crippen LogP contribution in [0.5, 0.6) is 0 Å². The van der Waals surface area contributed by atoms with Crippen molar-refractivity contribution in [3.05, 3.63) is 50.9 Å². The summed E-state index contributed by atoms with van der Waals surface area (Å²) in [5.74, 6) is 0.653. The molecule has 1 fully saturated rings. The predicted octanol–water partition coefficient (Wildman–Crippen LogP) is 5.13. The first-order chi connectivity index (χ1) is 16.9. The summed E-state index contributed by atoms with van der Waals surface area (Å²) in [6.07, 6.45) is 2.90. The molecule has 36 heavy (non-hydrogen) atoms. The molecular weight excluding hydrogens is 617 g/mol. The third-order valence-electron chi connectivity index (χ3n) is 5.86. The summed E-state index contributed by atoms with van der Waals surface area (Å²) in [5, 5.41) is 3.93. The van der Waals surface area contributed by atoms with Gasteiger partial charge >= 0.3 is 6.09 Å². The highest BCUT2D eigenvalue weighted by molar-refractivity contribution is 14.1. The minimum atomic E-state index is -3.73. The normalized spacial score (nSPS) is 15.3. The van der Waals surface area contributed by atoms with E-state index in [1.165, 1.54) is 3.97 Å². The highest BCUT2D eigenvalue weighted by Gasteiger charge is 2.28. The fourth-order valence-electron chi connectivity index (χ4n) is 4.11. The van der Waals surface area contributed by atoms with E-state index in [-0.39, 0.29) is 22.8 Å². The molecule has 1 N–H and O–H groups in total. The van der Waals surface area contributed by atoms with E-state index in [9.17, 15) is 13.2 Å². The van der Waals surface area contributed by atoms with E-state index in [2.05, 4.69) is 37.9 Å². The molecule has 1 amide bonds. The Labute approximate surface area is 229 Å². The maximum absolute atomic E-state index is 13.2. The van der Waals surface area contributed by atoms with Crippen LogP contribution in [0.3, 0.4) is 0 Å². The molecule has 0 atom stereocenters. The first-order valence-electron chi connectivity index (χ1n) is 11.7. The van der Waals surface area contributed by atoms with Gasteiger partial charge in [0.1, 0.15) is 11.4 Å². The number of benzene rings is 1. The van der Waals surface area contributed by atoms with Gasteiger partial charge in [-0.15, -0.1) is 0 Å². The van der Waals surface area contributed by atoms with E-state index >= 15 is 0 Å². The zero-order chi connectivity index (χ0) is 26.1. The van der Waals surface area contributed by atoms with Gasteiger partial charge in [-0.3, -0.25) is 0 Å². The Bertz CT molecular complexity index is 1350. The Hall–Kier alpha value is -2.12. The Morgan fingerprint density at radius 2 is 1.86 bits per heavy atom. The standard InChI is InChI=1S/C24H29ClIN5O4S/c1-24(2,3)35-23(32)30-11-9-16(10-12-30)13-27-20-19-18(26)14-31(21(19)29-22(25)28-20)36(33,34)15-17-7-5-4-6-8-17/h4-8,14,16H,9-13,15H2,1-3H3,(H,27,28,29). The molecule has 3 aromatic rings. The molecule has 1 aliphatic rings. The van der Waals surface area contributed by atoms with Gasteiger partial charge in [0.05, 0.1) is 11.1 Å².